The summed E-state index contributed by atoms with van der Waals surface area (Å²) in [6.07, 6.45) is 2.84. The number of rotatable bonds is 4. The molecule has 0 fully saturated rings. The van der Waals surface area contributed by atoms with Crippen LogP contribution < -0.4 is 10.0 Å². The smallest absolute Gasteiger partial charge is 0.278 e. The largest absolute Gasteiger partial charge is 0.332 e. The fourth-order valence-electron chi connectivity index (χ4n) is 2.49. The molecule has 6 nitrogen and oxygen atoms in total. The number of aryl methyl sites for hydroxylation is 1. The Morgan fingerprint density at radius 2 is 2.24 bits per heavy atom. The summed E-state index contributed by atoms with van der Waals surface area (Å²) in [4.78, 5) is 6.87. The number of imidazole rings is 1. The van der Waals surface area contributed by atoms with E-state index in [4.69, 9.17) is 0 Å². The first-order valence-electron chi connectivity index (χ1n) is 6.98. The lowest BCUT2D eigenvalue weighted by Gasteiger charge is -2.20. The van der Waals surface area contributed by atoms with Gasteiger partial charge < -0.3 is 10.3 Å². The molecule has 1 aromatic heterocycles. The van der Waals surface area contributed by atoms with Crippen molar-refractivity contribution < 1.29 is 8.42 Å². The van der Waals surface area contributed by atoms with Gasteiger partial charge in [0.15, 0.2) is 5.03 Å². The van der Waals surface area contributed by atoms with Gasteiger partial charge in [0.2, 0.25) is 0 Å². The van der Waals surface area contributed by atoms with Crippen molar-refractivity contribution in [1.29, 1.82) is 0 Å². The highest BCUT2D eigenvalue weighted by Crippen LogP contribution is 2.25. The highest BCUT2D eigenvalue weighted by atomic mass is 32.2. The highest BCUT2D eigenvalue weighted by molar-refractivity contribution is 7.92. The second-order valence-electron chi connectivity index (χ2n) is 5.02. The van der Waals surface area contributed by atoms with Gasteiger partial charge >= 0.3 is 0 Å². The summed E-state index contributed by atoms with van der Waals surface area (Å²) in [6.45, 7) is 3.55. The summed E-state index contributed by atoms with van der Waals surface area (Å²) < 4.78 is 27.5. The predicted molar refractivity (Wildman–Crippen MR) is 80.6 cm³/mol. The standard InChI is InChI=1S/C14H18N4O2S/c1-2-13-16-9-14(17-13)21(19,20)18-12-5-3-4-10-8-15-7-6-11(10)12/h3-5,9,15,18H,2,6-8H2,1H3,(H,16,17). The van der Waals surface area contributed by atoms with E-state index in [9.17, 15) is 8.42 Å². The Morgan fingerprint density at radius 3 is 3.00 bits per heavy atom. The monoisotopic (exact) mass is 306 g/mol. The Kier molecular flexibility index (Phi) is 3.69. The van der Waals surface area contributed by atoms with Gasteiger partial charge in [-0.3, -0.25) is 4.72 Å². The number of nitrogens with zero attached hydrogens (tertiary/aromatic N) is 1. The number of nitrogens with one attached hydrogen (secondary N) is 3. The molecular weight excluding hydrogens is 288 g/mol. The minimum atomic E-state index is -3.62. The van der Waals surface area contributed by atoms with E-state index >= 15 is 0 Å². The molecule has 1 aromatic carbocycles. The summed E-state index contributed by atoms with van der Waals surface area (Å²) in [5.74, 6) is 0.662. The number of hydrogen-bond acceptors (Lipinski definition) is 4. The summed E-state index contributed by atoms with van der Waals surface area (Å²) >= 11 is 0. The summed E-state index contributed by atoms with van der Waals surface area (Å²) in [6, 6.07) is 5.69. The normalized spacial score (nSPS) is 14.7. The molecule has 0 unspecified atom stereocenters. The van der Waals surface area contributed by atoms with Gasteiger partial charge in [0.25, 0.3) is 10.0 Å². The molecule has 7 heteroatoms. The number of sulfonamides is 1. The molecule has 3 N–H and O–H groups in total. The van der Waals surface area contributed by atoms with Crippen LogP contribution in [0.1, 0.15) is 23.9 Å². The minimum absolute atomic E-state index is 0.103. The fourth-order valence-corrected chi connectivity index (χ4v) is 3.52. The zero-order chi connectivity index (χ0) is 14.9. The van der Waals surface area contributed by atoms with Crippen molar-refractivity contribution in [3.8, 4) is 0 Å². The van der Waals surface area contributed by atoms with Gasteiger partial charge in [-0.25, -0.2) is 4.98 Å². The maximum absolute atomic E-state index is 12.4. The molecule has 0 saturated heterocycles. The van der Waals surface area contributed by atoms with E-state index < -0.39 is 10.0 Å². The molecule has 1 aliphatic rings. The van der Waals surface area contributed by atoms with Gasteiger partial charge in [-0.15, -0.1) is 0 Å². The van der Waals surface area contributed by atoms with Gasteiger partial charge in [-0.05, 0) is 30.2 Å². The second-order valence-corrected chi connectivity index (χ2v) is 6.67. The van der Waals surface area contributed by atoms with E-state index in [0.29, 0.717) is 17.9 Å². The van der Waals surface area contributed by atoms with E-state index in [1.807, 2.05) is 19.1 Å². The topological polar surface area (TPSA) is 86.9 Å². The fraction of sp³-hybridized carbons (Fsp3) is 0.357. The van der Waals surface area contributed by atoms with E-state index in [2.05, 4.69) is 20.0 Å². The summed E-state index contributed by atoms with van der Waals surface area (Å²) in [7, 11) is -3.62. The van der Waals surface area contributed by atoms with Gasteiger partial charge in [0, 0.05) is 13.0 Å². The van der Waals surface area contributed by atoms with E-state index in [0.717, 1.165) is 30.6 Å². The van der Waals surface area contributed by atoms with Crippen molar-refractivity contribution in [2.45, 2.75) is 31.3 Å². The molecule has 0 saturated carbocycles. The average Bonchev–Trinajstić information content (AvgIpc) is 2.97. The van der Waals surface area contributed by atoms with Crippen molar-refractivity contribution in [3.63, 3.8) is 0 Å². The molecule has 0 bridgehead atoms. The molecule has 3 rings (SSSR count). The van der Waals surface area contributed by atoms with Crippen LogP contribution in [0.25, 0.3) is 0 Å². The van der Waals surface area contributed by atoms with Crippen LogP contribution >= 0.6 is 0 Å². The Hall–Kier alpha value is -1.86. The average molecular weight is 306 g/mol. The third-order valence-electron chi connectivity index (χ3n) is 3.61. The van der Waals surface area contributed by atoms with Crippen LogP contribution in [-0.2, 0) is 29.4 Å². The molecule has 0 spiro atoms. The van der Waals surface area contributed by atoms with Gasteiger partial charge in [-0.2, -0.15) is 8.42 Å². The summed E-state index contributed by atoms with van der Waals surface area (Å²) in [5, 5.41) is 3.38. The minimum Gasteiger partial charge on any atom is -0.332 e. The molecule has 0 amide bonds. The second kappa shape index (κ2) is 5.50. The number of benzene rings is 1. The molecule has 112 valence electrons. The Morgan fingerprint density at radius 1 is 1.38 bits per heavy atom. The van der Waals surface area contributed by atoms with Crippen molar-refractivity contribution in [2.24, 2.45) is 0 Å². The third-order valence-corrected chi connectivity index (χ3v) is 4.89. The SMILES string of the molecule is CCc1ncc(S(=O)(=O)Nc2cccc3c2CCNC3)[nH]1. The first kappa shape index (κ1) is 14.1. The quantitative estimate of drug-likeness (QED) is 0.797. The highest BCUT2D eigenvalue weighted by Gasteiger charge is 2.20. The third kappa shape index (κ3) is 2.79. The molecule has 1 aliphatic heterocycles. The Balaban J connectivity index is 1.92. The van der Waals surface area contributed by atoms with E-state index in [1.54, 1.807) is 6.07 Å². The van der Waals surface area contributed by atoms with Crippen molar-refractivity contribution in [1.82, 2.24) is 15.3 Å². The molecular formula is C14H18N4O2S. The van der Waals surface area contributed by atoms with E-state index in [1.165, 1.54) is 6.20 Å². The number of hydrogen-bond donors (Lipinski definition) is 3. The number of aromatic nitrogens is 2. The van der Waals surface area contributed by atoms with Crippen LogP contribution in [0.3, 0.4) is 0 Å². The number of H-pyrrole nitrogens is 1. The lowest BCUT2D eigenvalue weighted by molar-refractivity contribution is 0.597. The zero-order valence-electron chi connectivity index (χ0n) is 11.8. The Bertz CT molecular complexity index is 752. The number of anilines is 1. The Labute approximate surface area is 124 Å². The lowest BCUT2D eigenvalue weighted by Crippen LogP contribution is -2.25. The molecule has 0 atom stereocenters. The van der Waals surface area contributed by atoms with Crippen LogP contribution in [0.2, 0.25) is 0 Å². The molecule has 2 heterocycles. The molecule has 0 aliphatic carbocycles. The molecule has 0 radical (unpaired) electrons. The molecule has 21 heavy (non-hydrogen) atoms. The summed E-state index contributed by atoms with van der Waals surface area (Å²) in [5.41, 5.74) is 2.86. The first-order valence-corrected chi connectivity index (χ1v) is 8.46. The van der Waals surface area contributed by atoms with Crippen LogP contribution in [-0.4, -0.2) is 24.9 Å². The number of fused-ring (bicyclic) bond motifs is 1. The zero-order valence-corrected chi connectivity index (χ0v) is 12.6. The van der Waals surface area contributed by atoms with Gasteiger partial charge in [-0.1, -0.05) is 19.1 Å². The van der Waals surface area contributed by atoms with Crippen molar-refractivity contribution in [3.05, 3.63) is 41.3 Å². The van der Waals surface area contributed by atoms with Gasteiger partial charge in [0.1, 0.15) is 5.82 Å². The number of aromatic amines is 1. The lowest BCUT2D eigenvalue weighted by atomic mass is 9.99. The first-order chi connectivity index (χ1) is 10.1. The van der Waals surface area contributed by atoms with Gasteiger partial charge in [0.05, 0.1) is 11.9 Å². The van der Waals surface area contributed by atoms with Crippen LogP contribution in [0.4, 0.5) is 5.69 Å². The van der Waals surface area contributed by atoms with Crippen LogP contribution in [0.15, 0.2) is 29.4 Å². The van der Waals surface area contributed by atoms with Crippen LogP contribution in [0.5, 0.6) is 0 Å². The maximum Gasteiger partial charge on any atom is 0.278 e. The van der Waals surface area contributed by atoms with Crippen molar-refractivity contribution in [2.75, 3.05) is 11.3 Å². The van der Waals surface area contributed by atoms with E-state index in [-0.39, 0.29) is 5.03 Å². The maximum atomic E-state index is 12.4. The predicted octanol–water partition coefficient (Wildman–Crippen LogP) is 1.42. The van der Waals surface area contributed by atoms with Crippen LogP contribution in [0, 0.1) is 0 Å². The molecule has 2 aromatic rings. The van der Waals surface area contributed by atoms with Crippen molar-refractivity contribution >= 4 is 15.7 Å².